The van der Waals surface area contributed by atoms with Gasteiger partial charge in [0.25, 0.3) is 0 Å². The third-order valence-electron chi connectivity index (χ3n) is 5.73. The number of halogens is 2. The average molecular weight is 488 g/mol. The molecule has 0 spiro atoms. The van der Waals surface area contributed by atoms with Crippen LogP contribution in [0.2, 0.25) is 0 Å². The summed E-state index contributed by atoms with van der Waals surface area (Å²) >= 11 is 0. The molecular weight excluding hydrogens is 460 g/mol. The van der Waals surface area contributed by atoms with E-state index in [1.54, 1.807) is 42.9 Å². The van der Waals surface area contributed by atoms with E-state index in [0.29, 0.717) is 35.3 Å². The molecule has 0 saturated heterocycles. The molecule has 10 nitrogen and oxygen atoms in total. The number of methoxy groups -OCH3 is 1. The largest absolute Gasteiger partial charge is 0.491 e. The van der Waals surface area contributed by atoms with E-state index >= 15 is 0 Å². The van der Waals surface area contributed by atoms with Gasteiger partial charge in [-0.3, -0.25) is 9.48 Å². The van der Waals surface area contributed by atoms with E-state index in [9.17, 15) is 18.7 Å². The molecule has 3 heterocycles. The normalized spacial score (nSPS) is 16.0. The molecule has 3 aromatic rings. The molecule has 1 aromatic carbocycles. The number of fused-ring (bicyclic) bond motifs is 1. The fraction of sp³-hybridized carbons (Fsp3) is 0.391. The van der Waals surface area contributed by atoms with Crippen molar-refractivity contribution in [3.8, 4) is 5.75 Å². The number of benzene rings is 1. The van der Waals surface area contributed by atoms with Gasteiger partial charge in [-0.05, 0) is 31.5 Å². The van der Waals surface area contributed by atoms with Gasteiger partial charge in [-0.1, -0.05) is 0 Å². The average Bonchev–Trinajstić information content (AvgIpc) is 3.23. The van der Waals surface area contributed by atoms with Crippen LogP contribution in [0.25, 0.3) is 0 Å². The summed E-state index contributed by atoms with van der Waals surface area (Å²) in [6.07, 6.45) is 3.02. The van der Waals surface area contributed by atoms with E-state index in [2.05, 4.69) is 25.7 Å². The number of likely N-dealkylation sites (N-methyl/N-ethyl adjacent to an activating group) is 1. The molecule has 0 saturated carbocycles. The van der Waals surface area contributed by atoms with Crippen LogP contribution >= 0.6 is 0 Å². The van der Waals surface area contributed by atoms with Gasteiger partial charge in [-0.2, -0.15) is 10.1 Å². The van der Waals surface area contributed by atoms with Crippen LogP contribution in [0, 0.1) is 18.6 Å². The van der Waals surface area contributed by atoms with Crippen molar-refractivity contribution in [2.75, 3.05) is 29.7 Å². The Morgan fingerprint density at radius 1 is 1.26 bits per heavy atom. The van der Waals surface area contributed by atoms with Gasteiger partial charge < -0.3 is 25.4 Å². The maximum absolute atomic E-state index is 14.0. The summed E-state index contributed by atoms with van der Waals surface area (Å²) in [5, 5.41) is 20.0. The van der Waals surface area contributed by atoms with Gasteiger partial charge in [0.05, 0.1) is 31.6 Å². The summed E-state index contributed by atoms with van der Waals surface area (Å²) in [5.74, 6) is -1.24. The van der Waals surface area contributed by atoms with Gasteiger partial charge in [0.1, 0.15) is 11.7 Å². The van der Waals surface area contributed by atoms with Gasteiger partial charge in [0, 0.05) is 31.8 Å². The van der Waals surface area contributed by atoms with E-state index in [0.717, 1.165) is 5.56 Å². The van der Waals surface area contributed by atoms with E-state index in [1.165, 1.54) is 19.2 Å². The van der Waals surface area contributed by atoms with E-state index < -0.39 is 29.5 Å². The summed E-state index contributed by atoms with van der Waals surface area (Å²) in [7, 11) is 2.97. The molecule has 12 heteroatoms. The predicted octanol–water partition coefficient (Wildman–Crippen LogP) is 2.46. The van der Waals surface area contributed by atoms with Crippen LogP contribution in [0.1, 0.15) is 30.2 Å². The highest BCUT2D eigenvalue weighted by atomic mass is 19.1. The lowest BCUT2D eigenvalue weighted by Crippen LogP contribution is -2.48. The second-order valence-electron chi connectivity index (χ2n) is 8.52. The standard InChI is InChI=1S/C23H27F2N7O3/c1-12(33)5-18-22(34)29-19-13(2)28-23(30-21(19)31(18)3)26-8-15-9-27-32(11-15)10-14-6-16(24)20(35-4)17(25)7-14/h6-7,9,11-12,18,33H,5,8,10H2,1-4H3,(H,29,34)(H,26,28,30). The maximum Gasteiger partial charge on any atom is 0.247 e. The highest BCUT2D eigenvalue weighted by Crippen LogP contribution is 2.33. The number of aliphatic hydroxyl groups excluding tert-OH is 1. The van der Waals surface area contributed by atoms with Crippen molar-refractivity contribution in [1.29, 1.82) is 0 Å². The molecule has 0 bridgehead atoms. The first kappa shape index (κ1) is 24.3. The Labute approximate surface area is 200 Å². The Morgan fingerprint density at radius 2 is 1.97 bits per heavy atom. The van der Waals surface area contributed by atoms with Crippen LogP contribution in [0.5, 0.6) is 5.75 Å². The number of nitrogens with zero attached hydrogens (tertiary/aromatic N) is 5. The third-order valence-corrected chi connectivity index (χ3v) is 5.73. The number of nitrogens with one attached hydrogen (secondary N) is 2. The second kappa shape index (κ2) is 9.82. The summed E-state index contributed by atoms with van der Waals surface area (Å²) in [6, 6.07) is 1.88. The summed E-state index contributed by atoms with van der Waals surface area (Å²) in [6.45, 7) is 3.95. The first-order valence-electron chi connectivity index (χ1n) is 11.0. The maximum atomic E-state index is 14.0. The van der Waals surface area contributed by atoms with Gasteiger partial charge in [-0.25, -0.2) is 13.8 Å². The lowest BCUT2D eigenvalue weighted by atomic mass is 10.1. The van der Waals surface area contributed by atoms with Crippen LogP contribution < -0.4 is 20.3 Å². The Balaban J connectivity index is 1.45. The molecule has 1 aliphatic heterocycles. The highest BCUT2D eigenvalue weighted by molar-refractivity contribution is 6.03. The summed E-state index contributed by atoms with van der Waals surface area (Å²) in [5.41, 5.74) is 2.37. The van der Waals surface area contributed by atoms with E-state index in [4.69, 9.17) is 4.74 Å². The minimum Gasteiger partial charge on any atom is -0.491 e. The SMILES string of the molecule is COc1c(F)cc(Cn2cc(CNc3nc(C)c4c(n3)N(C)C(CC(C)O)C(=O)N4)cn2)cc1F. The molecule has 2 unspecified atom stereocenters. The van der Waals surface area contributed by atoms with Crippen molar-refractivity contribution in [3.63, 3.8) is 0 Å². The molecule has 186 valence electrons. The van der Waals surface area contributed by atoms with Crippen molar-refractivity contribution in [2.24, 2.45) is 0 Å². The van der Waals surface area contributed by atoms with Gasteiger partial charge in [0.2, 0.25) is 11.9 Å². The van der Waals surface area contributed by atoms with Crippen LogP contribution in [-0.4, -0.2) is 57.1 Å². The molecular formula is C23H27F2N7O3. The van der Waals surface area contributed by atoms with Crippen LogP contribution in [0.3, 0.4) is 0 Å². The van der Waals surface area contributed by atoms with E-state index in [1.807, 2.05) is 0 Å². The second-order valence-corrected chi connectivity index (χ2v) is 8.52. The topological polar surface area (TPSA) is 117 Å². The van der Waals surface area contributed by atoms with Gasteiger partial charge in [-0.15, -0.1) is 0 Å². The molecule has 4 rings (SSSR count). The van der Waals surface area contributed by atoms with Gasteiger partial charge >= 0.3 is 0 Å². The molecule has 35 heavy (non-hydrogen) atoms. The quantitative estimate of drug-likeness (QED) is 0.444. The van der Waals surface area contributed by atoms with Crippen LogP contribution in [0.15, 0.2) is 24.5 Å². The van der Waals surface area contributed by atoms with Crippen LogP contribution in [0.4, 0.5) is 26.2 Å². The number of carbonyl (C=O) groups excluding carboxylic acids is 1. The van der Waals surface area contributed by atoms with Crippen molar-refractivity contribution < 1.29 is 23.4 Å². The zero-order valence-corrected chi connectivity index (χ0v) is 19.8. The number of hydrogen-bond donors (Lipinski definition) is 3. The first-order valence-corrected chi connectivity index (χ1v) is 11.0. The Hall–Kier alpha value is -3.80. The number of amides is 1. The first-order chi connectivity index (χ1) is 16.7. The molecule has 2 atom stereocenters. The summed E-state index contributed by atoms with van der Waals surface area (Å²) < 4.78 is 34.2. The third kappa shape index (κ3) is 5.16. The number of rotatable bonds is 8. The zero-order valence-electron chi connectivity index (χ0n) is 19.8. The number of aliphatic hydroxyl groups is 1. The Morgan fingerprint density at radius 3 is 2.63 bits per heavy atom. The number of ether oxygens (including phenoxy) is 1. The molecule has 0 aliphatic carbocycles. The molecule has 2 aromatic heterocycles. The summed E-state index contributed by atoms with van der Waals surface area (Å²) in [4.78, 5) is 23.2. The number of aromatic nitrogens is 4. The number of aryl methyl sites for hydroxylation is 1. The Bertz CT molecular complexity index is 1220. The molecule has 1 amide bonds. The smallest absolute Gasteiger partial charge is 0.247 e. The molecule has 0 fully saturated rings. The zero-order chi connectivity index (χ0) is 25.3. The van der Waals surface area contributed by atoms with Crippen molar-refractivity contribution in [2.45, 2.75) is 45.5 Å². The fourth-order valence-corrected chi connectivity index (χ4v) is 4.01. The van der Waals surface area contributed by atoms with Crippen molar-refractivity contribution >= 4 is 23.4 Å². The van der Waals surface area contributed by atoms with Crippen molar-refractivity contribution in [1.82, 2.24) is 19.7 Å². The lowest BCUT2D eigenvalue weighted by molar-refractivity contribution is -0.118. The highest BCUT2D eigenvalue weighted by Gasteiger charge is 2.34. The minimum atomic E-state index is -0.770. The van der Waals surface area contributed by atoms with E-state index in [-0.39, 0.29) is 18.9 Å². The lowest BCUT2D eigenvalue weighted by Gasteiger charge is -2.35. The fourth-order valence-electron chi connectivity index (χ4n) is 4.01. The monoisotopic (exact) mass is 487 g/mol. The van der Waals surface area contributed by atoms with Crippen LogP contribution in [-0.2, 0) is 17.9 Å². The molecule has 1 aliphatic rings. The Kier molecular flexibility index (Phi) is 6.83. The van der Waals surface area contributed by atoms with Gasteiger partial charge in [0.15, 0.2) is 23.2 Å². The number of hydrogen-bond acceptors (Lipinski definition) is 8. The van der Waals surface area contributed by atoms with Crippen molar-refractivity contribution in [3.05, 3.63) is 53.0 Å². The minimum absolute atomic E-state index is 0.182. The number of carbonyl (C=O) groups is 1. The number of anilines is 3. The predicted molar refractivity (Wildman–Crippen MR) is 125 cm³/mol. The molecule has 3 N–H and O–H groups in total. The molecule has 0 radical (unpaired) electrons.